The molecule has 0 radical (unpaired) electrons. The number of rotatable bonds is 6. The number of aliphatic hydroxyl groups excluding tert-OH is 1. The maximum Gasteiger partial charge on any atom is 0.0690 e. The van der Waals surface area contributed by atoms with Gasteiger partial charge in [0.05, 0.1) is 6.10 Å². The fourth-order valence-electron chi connectivity index (χ4n) is 1.33. The summed E-state index contributed by atoms with van der Waals surface area (Å²) >= 11 is 0. The number of hydrogen-bond acceptors (Lipinski definition) is 2. The van der Waals surface area contributed by atoms with E-state index in [1.165, 1.54) is 0 Å². The zero-order valence-corrected chi connectivity index (χ0v) is 9.75. The lowest BCUT2D eigenvalue weighted by molar-refractivity contribution is 0.0622. The monoisotopic (exact) mass is 187 g/mol. The highest BCUT2D eigenvalue weighted by Crippen LogP contribution is 2.08. The lowest BCUT2D eigenvalue weighted by atomic mass is 10.1. The summed E-state index contributed by atoms with van der Waals surface area (Å²) < 4.78 is 0. The van der Waals surface area contributed by atoms with Crippen LogP contribution in [0.15, 0.2) is 0 Å². The summed E-state index contributed by atoms with van der Waals surface area (Å²) in [6, 6.07) is 0.582. The topological polar surface area (TPSA) is 23.5 Å². The fraction of sp³-hybridized carbons (Fsp3) is 1.00. The van der Waals surface area contributed by atoms with E-state index in [0.29, 0.717) is 12.0 Å². The molecule has 0 aromatic rings. The molecule has 0 amide bonds. The van der Waals surface area contributed by atoms with Crippen molar-refractivity contribution in [1.82, 2.24) is 4.90 Å². The Labute approximate surface area is 82.9 Å². The molecule has 1 N–H and O–H groups in total. The predicted molar refractivity (Wildman–Crippen MR) is 57.8 cm³/mol. The van der Waals surface area contributed by atoms with Gasteiger partial charge < -0.3 is 5.11 Å². The van der Waals surface area contributed by atoms with Crippen LogP contribution in [-0.4, -0.2) is 35.2 Å². The molecule has 0 aliphatic heterocycles. The SMILES string of the molecule is CCC(C)N(CC)CC(O)C(C)C. The summed E-state index contributed by atoms with van der Waals surface area (Å²) in [5.41, 5.74) is 0. The van der Waals surface area contributed by atoms with Gasteiger partial charge >= 0.3 is 0 Å². The van der Waals surface area contributed by atoms with Gasteiger partial charge in [-0.05, 0) is 25.8 Å². The Kier molecular flexibility index (Phi) is 6.35. The van der Waals surface area contributed by atoms with E-state index in [2.05, 4.69) is 39.5 Å². The van der Waals surface area contributed by atoms with E-state index in [-0.39, 0.29) is 6.10 Å². The minimum Gasteiger partial charge on any atom is -0.392 e. The van der Waals surface area contributed by atoms with Gasteiger partial charge in [-0.3, -0.25) is 4.90 Å². The normalized spacial score (nSPS) is 16.6. The molecule has 0 aromatic heterocycles. The molecular weight excluding hydrogens is 162 g/mol. The van der Waals surface area contributed by atoms with Crippen LogP contribution in [0.4, 0.5) is 0 Å². The number of nitrogens with zero attached hydrogens (tertiary/aromatic N) is 1. The average molecular weight is 187 g/mol. The summed E-state index contributed by atoms with van der Waals surface area (Å²) in [4.78, 5) is 2.34. The van der Waals surface area contributed by atoms with Gasteiger partial charge in [0, 0.05) is 12.6 Å². The fourth-order valence-corrected chi connectivity index (χ4v) is 1.33. The van der Waals surface area contributed by atoms with Crippen LogP contribution < -0.4 is 0 Å². The Morgan fingerprint density at radius 2 is 1.69 bits per heavy atom. The number of aliphatic hydroxyl groups is 1. The maximum atomic E-state index is 9.73. The van der Waals surface area contributed by atoms with Crippen LogP contribution in [0.5, 0.6) is 0 Å². The second-order valence-corrected chi connectivity index (χ2v) is 4.16. The van der Waals surface area contributed by atoms with E-state index in [1.54, 1.807) is 0 Å². The van der Waals surface area contributed by atoms with Crippen LogP contribution in [0.2, 0.25) is 0 Å². The van der Waals surface area contributed by atoms with Crippen molar-refractivity contribution in [3.05, 3.63) is 0 Å². The second kappa shape index (κ2) is 6.39. The van der Waals surface area contributed by atoms with Crippen LogP contribution in [-0.2, 0) is 0 Å². The molecule has 0 aliphatic carbocycles. The zero-order chi connectivity index (χ0) is 10.4. The molecule has 0 fully saturated rings. The van der Waals surface area contributed by atoms with Crippen molar-refractivity contribution in [3.8, 4) is 0 Å². The minimum atomic E-state index is -0.186. The van der Waals surface area contributed by atoms with Crippen LogP contribution >= 0.6 is 0 Å². The van der Waals surface area contributed by atoms with E-state index in [9.17, 15) is 5.11 Å². The Hall–Kier alpha value is -0.0800. The Morgan fingerprint density at radius 3 is 2.00 bits per heavy atom. The molecule has 2 unspecified atom stereocenters. The molecule has 0 bridgehead atoms. The summed E-state index contributed by atoms with van der Waals surface area (Å²) in [7, 11) is 0. The van der Waals surface area contributed by atoms with Gasteiger partial charge in [-0.15, -0.1) is 0 Å². The predicted octanol–water partition coefficient (Wildman–Crippen LogP) is 2.12. The molecule has 0 spiro atoms. The van der Waals surface area contributed by atoms with E-state index >= 15 is 0 Å². The summed E-state index contributed by atoms with van der Waals surface area (Å²) in [6.07, 6.45) is 0.965. The molecule has 80 valence electrons. The molecule has 0 heterocycles. The number of hydrogen-bond donors (Lipinski definition) is 1. The van der Waals surface area contributed by atoms with Gasteiger partial charge in [0.1, 0.15) is 0 Å². The molecule has 13 heavy (non-hydrogen) atoms. The van der Waals surface area contributed by atoms with Gasteiger partial charge in [-0.2, -0.15) is 0 Å². The lowest BCUT2D eigenvalue weighted by Crippen LogP contribution is -2.40. The standard InChI is InChI=1S/C11H25NO/c1-6-10(5)12(7-2)8-11(13)9(3)4/h9-11,13H,6-8H2,1-5H3. The molecule has 0 rings (SSSR count). The molecule has 0 aliphatic rings. The molecule has 2 atom stereocenters. The number of likely N-dealkylation sites (N-methyl/N-ethyl adjacent to an activating group) is 1. The highest BCUT2D eigenvalue weighted by molar-refractivity contribution is 4.70. The quantitative estimate of drug-likeness (QED) is 0.688. The zero-order valence-electron chi connectivity index (χ0n) is 9.75. The molecule has 2 nitrogen and oxygen atoms in total. The molecule has 2 heteroatoms. The van der Waals surface area contributed by atoms with E-state index < -0.39 is 0 Å². The average Bonchev–Trinajstić information content (AvgIpc) is 2.12. The highest BCUT2D eigenvalue weighted by atomic mass is 16.3. The van der Waals surface area contributed by atoms with Crippen LogP contribution in [0.25, 0.3) is 0 Å². The lowest BCUT2D eigenvalue weighted by Gasteiger charge is -2.30. The maximum absolute atomic E-state index is 9.73. The molecule has 0 saturated heterocycles. The minimum absolute atomic E-state index is 0.186. The van der Waals surface area contributed by atoms with Crippen molar-refractivity contribution in [2.24, 2.45) is 5.92 Å². The molecular formula is C11H25NO. The van der Waals surface area contributed by atoms with Crippen LogP contribution in [0.1, 0.15) is 41.0 Å². The van der Waals surface area contributed by atoms with Crippen molar-refractivity contribution < 1.29 is 5.11 Å². The molecule has 0 aromatic carbocycles. The Morgan fingerprint density at radius 1 is 1.15 bits per heavy atom. The first kappa shape index (κ1) is 12.9. The van der Waals surface area contributed by atoms with E-state index in [0.717, 1.165) is 19.5 Å². The van der Waals surface area contributed by atoms with Gasteiger partial charge in [-0.25, -0.2) is 0 Å². The first-order valence-electron chi connectivity index (χ1n) is 5.44. The first-order chi connectivity index (χ1) is 6.02. The van der Waals surface area contributed by atoms with Gasteiger partial charge in [0.15, 0.2) is 0 Å². The van der Waals surface area contributed by atoms with Gasteiger partial charge in [-0.1, -0.05) is 27.7 Å². The van der Waals surface area contributed by atoms with Gasteiger partial charge in [0.25, 0.3) is 0 Å². The third-order valence-corrected chi connectivity index (χ3v) is 2.81. The third kappa shape index (κ3) is 4.63. The van der Waals surface area contributed by atoms with Crippen molar-refractivity contribution in [3.63, 3.8) is 0 Å². The van der Waals surface area contributed by atoms with E-state index in [1.807, 2.05) is 0 Å². The van der Waals surface area contributed by atoms with Crippen LogP contribution in [0, 0.1) is 5.92 Å². The first-order valence-corrected chi connectivity index (χ1v) is 5.44. The smallest absolute Gasteiger partial charge is 0.0690 e. The van der Waals surface area contributed by atoms with Crippen LogP contribution in [0.3, 0.4) is 0 Å². The summed E-state index contributed by atoms with van der Waals surface area (Å²) in [5, 5.41) is 9.73. The van der Waals surface area contributed by atoms with Crippen molar-refractivity contribution >= 4 is 0 Å². The Balaban J connectivity index is 3.97. The largest absolute Gasteiger partial charge is 0.392 e. The Bertz CT molecular complexity index is 125. The second-order valence-electron chi connectivity index (χ2n) is 4.16. The molecule has 0 saturated carbocycles. The van der Waals surface area contributed by atoms with E-state index in [4.69, 9.17) is 0 Å². The van der Waals surface area contributed by atoms with Gasteiger partial charge in [0.2, 0.25) is 0 Å². The summed E-state index contributed by atoms with van der Waals surface area (Å²) in [6.45, 7) is 12.5. The highest BCUT2D eigenvalue weighted by Gasteiger charge is 2.16. The van der Waals surface area contributed by atoms with Crippen molar-refractivity contribution in [2.45, 2.75) is 53.2 Å². The van der Waals surface area contributed by atoms with Crippen molar-refractivity contribution in [1.29, 1.82) is 0 Å². The van der Waals surface area contributed by atoms with Crippen molar-refractivity contribution in [2.75, 3.05) is 13.1 Å². The third-order valence-electron chi connectivity index (χ3n) is 2.81. The summed E-state index contributed by atoms with van der Waals surface area (Å²) in [5.74, 6) is 0.359.